The molecule has 1 rings (SSSR count). The first-order valence-corrected chi connectivity index (χ1v) is 5.58. The number of hydrogen-bond donors (Lipinski definition) is 2. The number of carbonyl (C=O) groups is 1. The van der Waals surface area contributed by atoms with Crippen molar-refractivity contribution >= 4 is 5.97 Å². The second-order valence-electron chi connectivity index (χ2n) is 4.16. The first-order chi connectivity index (χ1) is 7.54. The van der Waals surface area contributed by atoms with Crippen molar-refractivity contribution in [3.05, 3.63) is 23.7 Å². The van der Waals surface area contributed by atoms with E-state index in [-0.39, 0.29) is 5.92 Å². The number of furan rings is 1. The zero-order valence-electron chi connectivity index (χ0n) is 9.99. The van der Waals surface area contributed by atoms with Gasteiger partial charge in [0.05, 0.1) is 6.54 Å². The third-order valence-corrected chi connectivity index (χ3v) is 2.49. The molecule has 0 fully saturated rings. The van der Waals surface area contributed by atoms with Crippen LogP contribution in [0.3, 0.4) is 0 Å². The van der Waals surface area contributed by atoms with Gasteiger partial charge in [-0.25, -0.2) is 0 Å². The first-order valence-electron chi connectivity index (χ1n) is 5.58. The van der Waals surface area contributed by atoms with E-state index in [4.69, 9.17) is 9.52 Å². The van der Waals surface area contributed by atoms with Gasteiger partial charge in [-0.15, -0.1) is 0 Å². The van der Waals surface area contributed by atoms with Gasteiger partial charge >= 0.3 is 5.97 Å². The lowest BCUT2D eigenvalue weighted by Gasteiger charge is -2.16. The van der Waals surface area contributed by atoms with Gasteiger partial charge in [0, 0.05) is 6.42 Å². The Bertz CT molecular complexity index is 344. The number of aliphatic carboxylic acids is 1. The van der Waals surface area contributed by atoms with Crippen LogP contribution in [0.1, 0.15) is 32.3 Å². The predicted octanol–water partition coefficient (Wildman–Crippen LogP) is 2.04. The second kappa shape index (κ2) is 5.70. The van der Waals surface area contributed by atoms with Crippen LogP contribution in [0.5, 0.6) is 0 Å². The van der Waals surface area contributed by atoms with Gasteiger partial charge in [0.25, 0.3) is 0 Å². The van der Waals surface area contributed by atoms with Crippen molar-refractivity contribution < 1.29 is 14.3 Å². The van der Waals surface area contributed by atoms with Crippen LogP contribution in [0.4, 0.5) is 0 Å². The van der Waals surface area contributed by atoms with E-state index < -0.39 is 12.0 Å². The number of rotatable bonds is 6. The monoisotopic (exact) mass is 225 g/mol. The average Bonchev–Trinajstić information content (AvgIpc) is 2.65. The largest absolute Gasteiger partial charge is 0.480 e. The quantitative estimate of drug-likeness (QED) is 0.777. The third-order valence-electron chi connectivity index (χ3n) is 2.49. The average molecular weight is 225 g/mol. The van der Waals surface area contributed by atoms with Gasteiger partial charge in [0.15, 0.2) is 0 Å². The van der Waals surface area contributed by atoms with Crippen molar-refractivity contribution in [3.8, 4) is 0 Å². The van der Waals surface area contributed by atoms with Crippen molar-refractivity contribution in [1.29, 1.82) is 0 Å². The highest BCUT2D eigenvalue weighted by molar-refractivity contribution is 5.73. The van der Waals surface area contributed by atoms with Crippen molar-refractivity contribution in [1.82, 2.24) is 5.32 Å². The summed E-state index contributed by atoms with van der Waals surface area (Å²) < 4.78 is 5.49. The molecule has 0 aromatic carbocycles. The molecule has 90 valence electrons. The highest BCUT2D eigenvalue weighted by atomic mass is 16.4. The SMILES string of the molecule is CCc1ccc(CN[C@H](C(=O)O)C(C)C)o1. The van der Waals surface area contributed by atoms with Crippen molar-refractivity contribution in [2.75, 3.05) is 0 Å². The summed E-state index contributed by atoms with van der Waals surface area (Å²) in [4.78, 5) is 10.9. The fourth-order valence-electron chi connectivity index (χ4n) is 1.53. The smallest absolute Gasteiger partial charge is 0.320 e. The summed E-state index contributed by atoms with van der Waals surface area (Å²) in [7, 11) is 0. The van der Waals surface area contributed by atoms with E-state index in [9.17, 15) is 4.79 Å². The van der Waals surface area contributed by atoms with Gasteiger partial charge in [-0.05, 0) is 18.1 Å². The molecular formula is C12H19NO3. The zero-order chi connectivity index (χ0) is 12.1. The molecule has 1 aromatic rings. The number of nitrogens with one attached hydrogen (secondary N) is 1. The highest BCUT2D eigenvalue weighted by Gasteiger charge is 2.20. The Balaban J connectivity index is 2.52. The lowest BCUT2D eigenvalue weighted by molar-refractivity contribution is -0.140. The lowest BCUT2D eigenvalue weighted by atomic mass is 10.1. The highest BCUT2D eigenvalue weighted by Crippen LogP contribution is 2.09. The van der Waals surface area contributed by atoms with Crippen LogP contribution < -0.4 is 5.32 Å². The van der Waals surface area contributed by atoms with E-state index in [2.05, 4.69) is 5.32 Å². The Morgan fingerprint density at radius 2 is 2.06 bits per heavy atom. The fourth-order valence-corrected chi connectivity index (χ4v) is 1.53. The summed E-state index contributed by atoms with van der Waals surface area (Å²) in [6, 6.07) is 3.27. The summed E-state index contributed by atoms with van der Waals surface area (Å²) in [5.41, 5.74) is 0. The van der Waals surface area contributed by atoms with Gasteiger partial charge in [-0.2, -0.15) is 0 Å². The molecule has 0 saturated heterocycles. The summed E-state index contributed by atoms with van der Waals surface area (Å²) in [5, 5.41) is 12.0. The molecular weight excluding hydrogens is 206 g/mol. The Labute approximate surface area is 95.7 Å². The van der Waals surface area contributed by atoms with E-state index in [1.807, 2.05) is 32.9 Å². The Kier molecular flexibility index (Phi) is 4.55. The minimum atomic E-state index is -0.822. The molecule has 2 N–H and O–H groups in total. The van der Waals surface area contributed by atoms with Gasteiger partial charge in [-0.1, -0.05) is 20.8 Å². The predicted molar refractivity (Wildman–Crippen MR) is 61.2 cm³/mol. The van der Waals surface area contributed by atoms with Crippen LogP contribution in [0.25, 0.3) is 0 Å². The fraction of sp³-hybridized carbons (Fsp3) is 0.583. The van der Waals surface area contributed by atoms with E-state index in [1.165, 1.54) is 0 Å². The van der Waals surface area contributed by atoms with Gasteiger partial charge in [0.2, 0.25) is 0 Å². The zero-order valence-corrected chi connectivity index (χ0v) is 9.99. The summed E-state index contributed by atoms with van der Waals surface area (Å²) in [6.07, 6.45) is 0.854. The Hall–Kier alpha value is -1.29. The van der Waals surface area contributed by atoms with Crippen molar-refractivity contribution in [2.24, 2.45) is 5.92 Å². The standard InChI is InChI=1S/C12H19NO3/c1-4-9-5-6-10(16-9)7-13-11(8(2)3)12(14)15/h5-6,8,11,13H,4,7H2,1-3H3,(H,14,15)/t11-/m0/s1. The molecule has 0 aliphatic carbocycles. The van der Waals surface area contributed by atoms with Crippen molar-refractivity contribution in [3.63, 3.8) is 0 Å². The molecule has 1 heterocycles. The third kappa shape index (κ3) is 3.38. The minimum absolute atomic E-state index is 0.0538. The Morgan fingerprint density at radius 3 is 2.50 bits per heavy atom. The molecule has 0 aliphatic heterocycles. The van der Waals surface area contributed by atoms with Crippen LogP contribution in [0.15, 0.2) is 16.5 Å². The number of carboxylic acids is 1. The van der Waals surface area contributed by atoms with Crippen LogP contribution >= 0.6 is 0 Å². The molecule has 16 heavy (non-hydrogen) atoms. The van der Waals surface area contributed by atoms with Gasteiger partial charge in [-0.3, -0.25) is 10.1 Å². The Morgan fingerprint density at radius 1 is 1.44 bits per heavy atom. The molecule has 4 heteroatoms. The van der Waals surface area contributed by atoms with E-state index in [0.29, 0.717) is 6.54 Å². The summed E-state index contributed by atoms with van der Waals surface area (Å²) in [6.45, 7) is 6.23. The topological polar surface area (TPSA) is 62.5 Å². The molecule has 0 bridgehead atoms. The van der Waals surface area contributed by atoms with E-state index in [1.54, 1.807) is 0 Å². The molecule has 1 atom stereocenters. The summed E-state index contributed by atoms with van der Waals surface area (Å²) >= 11 is 0. The maximum Gasteiger partial charge on any atom is 0.320 e. The molecule has 1 aromatic heterocycles. The van der Waals surface area contributed by atoms with Crippen LogP contribution in [0.2, 0.25) is 0 Å². The maximum atomic E-state index is 10.9. The number of hydrogen-bond acceptors (Lipinski definition) is 3. The van der Waals surface area contributed by atoms with Gasteiger partial charge < -0.3 is 9.52 Å². The molecule has 4 nitrogen and oxygen atoms in total. The lowest BCUT2D eigenvalue weighted by Crippen LogP contribution is -2.40. The second-order valence-corrected chi connectivity index (χ2v) is 4.16. The van der Waals surface area contributed by atoms with Crippen LogP contribution in [0, 0.1) is 5.92 Å². The minimum Gasteiger partial charge on any atom is -0.480 e. The van der Waals surface area contributed by atoms with Gasteiger partial charge in [0.1, 0.15) is 17.6 Å². The van der Waals surface area contributed by atoms with E-state index in [0.717, 1.165) is 17.9 Å². The van der Waals surface area contributed by atoms with Crippen LogP contribution in [-0.2, 0) is 17.8 Å². The van der Waals surface area contributed by atoms with Crippen LogP contribution in [-0.4, -0.2) is 17.1 Å². The normalized spacial score (nSPS) is 13.0. The molecule has 0 spiro atoms. The summed E-state index contributed by atoms with van der Waals surface area (Å²) in [5.74, 6) is 0.937. The molecule has 0 unspecified atom stereocenters. The molecule has 0 saturated carbocycles. The number of carboxylic acid groups (broad SMARTS) is 1. The number of aryl methyl sites for hydroxylation is 1. The van der Waals surface area contributed by atoms with Crippen molar-refractivity contribution in [2.45, 2.75) is 39.8 Å². The maximum absolute atomic E-state index is 10.9. The van der Waals surface area contributed by atoms with E-state index >= 15 is 0 Å². The molecule has 0 radical (unpaired) electrons. The molecule has 0 aliphatic rings. The molecule has 0 amide bonds. The first kappa shape index (κ1) is 12.8.